The Labute approximate surface area is 116 Å². The van der Waals surface area contributed by atoms with E-state index in [2.05, 4.69) is 4.74 Å². The van der Waals surface area contributed by atoms with Crippen molar-refractivity contribution in [1.82, 2.24) is 0 Å². The van der Waals surface area contributed by atoms with E-state index in [0.717, 1.165) is 0 Å². The fourth-order valence-electron chi connectivity index (χ4n) is 1.19. The van der Waals surface area contributed by atoms with E-state index in [1.807, 2.05) is 0 Å². The third-order valence-corrected chi connectivity index (χ3v) is 2.26. The number of alkyl halides is 8. The third-order valence-electron chi connectivity index (χ3n) is 2.26. The number of esters is 2. The molecule has 0 N–H and O–H groups in total. The van der Waals surface area contributed by atoms with Crippen LogP contribution in [0.5, 0.6) is 0 Å². The number of benzene rings is 1. The Morgan fingerprint density at radius 2 is 1.00 bits per heavy atom. The molecule has 1 aliphatic rings. The molecule has 0 aromatic heterocycles. The molecule has 0 saturated carbocycles. The van der Waals surface area contributed by atoms with E-state index in [1.165, 1.54) is 0 Å². The second kappa shape index (κ2) is 5.54. The van der Waals surface area contributed by atoms with Gasteiger partial charge in [-0.2, -0.15) is 35.1 Å². The highest BCUT2D eigenvalue weighted by Gasteiger charge is 2.74. The standard InChI is InChI=1S/C8H4O3.C3F8/c9-7-5-3-1-2-4-6(5)8(10)11-7;4-1(5,2(6,7)8)3(9,10)11/h1-4H;. The molecule has 0 unspecified atom stereocenters. The predicted octanol–water partition coefficient (Wildman–Crippen LogP) is 3.74. The quantitative estimate of drug-likeness (QED) is 0.412. The number of halogens is 8. The highest BCUT2D eigenvalue weighted by molar-refractivity contribution is 6.14. The van der Waals surface area contributed by atoms with Crippen molar-refractivity contribution in [3.05, 3.63) is 35.4 Å². The molecule has 1 aliphatic heterocycles. The van der Waals surface area contributed by atoms with Gasteiger partial charge in [-0.25, -0.2) is 9.59 Å². The van der Waals surface area contributed by atoms with Crippen molar-refractivity contribution in [2.24, 2.45) is 0 Å². The van der Waals surface area contributed by atoms with Crippen molar-refractivity contribution in [2.45, 2.75) is 18.3 Å². The normalized spacial score (nSPS) is 14.9. The Bertz CT molecular complexity index is 539. The van der Waals surface area contributed by atoms with Crippen molar-refractivity contribution < 1.29 is 49.4 Å². The molecule has 22 heavy (non-hydrogen) atoms. The zero-order chi connectivity index (χ0) is 17.3. The third kappa shape index (κ3) is 3.34. The number of hydrogen-bond donors (Lipinski definition) is 0. The number of hydrogen-bond acceptors (Lipinski definition) is 3. The van der Waals surface area contributed by atoms with E-state index in [-0.39, 0.29) is 0 Å². The molecule has 0 aliphatic carbocycles. The van der Waals surface area contributed by atoms with Crippen LogP contribution in [0.2, 0.25) is 0 Å². The van der Waals surface area contributed by atoms with Gasteiger partial charge in [0.2, 0.25) is 0 Å². The molecular formula is C11H4F8O3. The van der Waals surface area contributed by atoms with Crippen LogP contribution in [0.1, 0.15) is 20.7 Å². The highest BCUT2D eigenvalue weighted by atomic mass is 19.5. The van der Waals surface area contributed by atoms with Crippen molar-refractivity contribution >= 4 is 11.9 Å². The van der Waals surface area contributed by atoms with Gasteiger partial charge in [-0.1, -0.05) is 12.1 Å². The van der Waals surface area contributed by atoms with Gasteiger partial charge in [0, 0.05) is 0 Å². The van der Waals surface area contributed by atoms with Gasteiger partial charge in [-0.05, 0) is 12.1 Å². The van der Waals surface area contributed by atoms with E-state index in [4.69, 9.17) is 0 Å². The topological polar surface area (TPSA) is 43.4 Å². The predicted molar refractivity (Wildman–Crippen MR) is 53.2 cm³/mol. The van der Waals surface area contributed by atoms with Gasteiger partial charge < -0.3 is 4.74 Å². The molecule has 1 heterocycles. The molecule has 0 atom stereocenters. The zero-order valence-corrected chi connectivity index (χ0v) is 10.1. The largest absolute Gasteiger partial charge is 0.463 e. The molecule has 0 fully saturated rings. The summed E-state index contributed by atoms with van der Waals surface area (Å²) in [5, 5.41) is 0. The van der Waals surface area contributed by atoms with Crippen molar-refractivity contribution in [1.29, 1.82) is 0 Å². The molecule has 2 rings (SSSR count). The van der Waals surface area contributed by atoms with Gasteiger partial charge in [-0.15, -0.1) is 0 Å². The Balaban J connectivity index is 0.000000220. The van der Waals surface area contributed by atoms with Crippen LogP contribution < -0.4 is 0 Å². The highest BCUT2D eigenvalue weighted by Crippen LogP contribution is 2.46. The monoisotopic (exact) mass is 336 g/mol. The maximum Gasteiger partial charge on any atom is 0.463 e. The SMILES string of the molecule is FC(F)(F)C(F)(F)C(F)(F)F.O=C1OC(=O)c2ccccc21. The first kappa shape index (κ1) is 17.9. The Morgan fingerprint density at radius 1 is 0.682 bits per heavy atom. The maximum atomic E-state index is 11.2. The zero-order valence-electron chi connectivity index (χ0n) is 10.1. The van der Waals surface area contributed by atoms with Crippen LogP contribution >= 0.6 is 0 Å². The lowest BCUT2D eigenvalue weighted by molar-refractivity contribution is -0.389. The van der Waals surface area contributed by atoms with Crippen LogP contribution in [-0.2, 0) is 4.74 Å². The van der Waals surface area contributed by atoms with Gasteiger partial charge in [-0.3, -0.25) is 0 Å². The summed E-state index contributed by atoms with van der Waals surface area (Å²) in [6.07, 6.45) is -13.2. The number of rotatable bonds is 0. The summed E-state index contributed by atoms with van der Waals surface area (Å²) < 4.78 is 91.9. The lowest BCUT2D eigenvalue weighted by Gasteiger charge is -2.21. The van der Waals surface area contributed by atoms with E-state index in [0.29, 0.717) is 11.1 Å². The van der Waals surface area contributed by atoms with E-state index >= 15 is 0 Å². The first-order chi connectivity index (χ1) is 9.79. The van der Waals surface area contributed by atoms with Crippen LogP contribution in [0.3, 0.4) is 0 Å². The Hall–Kier alpha value is -2.20. The molecule has 0 amide bonds. The van der Waals surface area contributed by atoms with Crippen molar-refractivity contribution in [3.8, 4) is 0 Å². The van der Waals surface area contributed by atoms with Crippen molar-refractivity contribution in [2.75, 3.05) is 0 Å². The van der Waals surface area contributed by atoms with E-state index in [9.17, 15) is 44.7 Å². The second-order valence-corrected chi connectivity index (χ2v) is 3.79. The summed E-state index contributed by atoms with van der Waals surface area (Å²) >= 11 is 0. The van der Waals surface area contributed by atoms with E-state index in [1.54, 1.807) is 24.3 Å². The summed E-state index contributed by atoms with van der Waals surface area (Å²) in [6.45, 7) is 0. The lowest BCUT2D eigenvalue weighted by Crippen LogP contribution is -2.49. The van der Waals surface area contributed by atoms with Crippen LogP contribution in [0.4, 0.5) is 35.1 Å². The molecule has 122 valence electrons. The number of cyclic esters (lactones) is 2. The molecule has 11 heteroatoms. The van der Waals surface area contributed by atoms with Gasteiger partial charge in [0.15, 0.2) is 0 Å². The van der Waals surface area contributed by atoms with E-state index < -0.39 is 30.2 Å². The number of fused-ring (bicyclic) bond motifs is 1. The second-order valence-electron chi connectivity index (χ2n) is 3.79. The fourth-order valence-corrected chi connectivity index (χ4v) is 1.19. The van der Waals surface area contributed by atoms with Gasteiger partial charge in [0.1, 0.15) is 0 Å². The average molecular weight is 336 g/mol. The smallest absolute Gasteiger partial charge is 0.386 e. The van der Waals surface area contributed by atoms with Crippen LogP contribution in [0.25, 0.3) is 0 Å². The Kier molecular flexibility index (Phi) is 4.49. The van der Waals surface area contributed by atoms with Crippen LogP contribution in [0.15, 0.2) is 24.3 Å². The number of ether oxygens (including phenoxy) is 1. The summed E-state index contributed by atoms with van der Waals surface area (Å²) in [6, 6.07) is 6.53. The fraction of sp³-hybridized carbons (Fsp3) is 0.273. The minimum absolute atomic E-state index is 0.359. The lowest BCUT2D eigenvalue weighted by atomic mass is 10.1. The first-order valence-corrected chi connectivity index (χ1v) is 5.16. The molecule has 0 spiro atoms. The molecule has 0 bridgehead atoms. The molecule has 1 aromatic carbocycles. The summed E-state index contributed by atoms with van der Waals surface area (Å²) in [5.41, 5.74) is 0.718. The number of carbonyl (C=O) groups is 2. The maximum absolute atomic E-state index is 11.2. The summed E-state index contributed by atoms with van der Waals surface area (Å²) in [5.74, 6) is -7.73. The first-order valence-electron chi connectivity index (χ1n) is 5.16. The van der Waals surface area contributed by atoms with Crippen LogP contribution in [0, 0.1) is 0 Å². The average Bonchev–Trinajstić information content (AvgIpc) is 2.64. The molecule has 1 aromatic rings. The minimum atomic E-state index is -6.62. The molecular weight excluding hydrogens is 332 g/mol. The number of carbonyl (C=O) groups excluding carboxylic acids is 2. The van der Waals surface area contributed by atoms with Crippen LogP contribution in [-0.4, -0.2) is 30.2 Å². The van der Waals surface area contributed by atoms with Gasteiger partial charge >= 0.3 is 30.2 Å². The van der Waals surface area contributed by atoms with Gasteiger partial charge in [0.05, 0.1) is 11.1 Å². The van der Waals surface area contributed by atoms with Crippen molar-refractivity contribution in [3.63, 3.8) is 0 Å². The van der Waals surface area contributed by atoms with Gasteiger partial charge in [0.25, 0.3) is 0 Å². The minimum Gasteiger partial charge on any atom is -0.386 e. The summed E-state index contributed by atoms with van der Waals surface area (Å²) in [4.78, 5) is 21.7. The summed E-state index contributed by atoms with van der Waals surface area (Å²) in [7, 11) is 0. The molecule has 3 nitrogen and oxygen atoms in total. The molecule has 0 radical (unpaired) electrons. The Morgan fingerprint density at radius 3 is 1.23 bits per heavy atom. The molecule has 0 saturated heterocycles.